The Bertz CT molecular complexity index is 597. The molecule has 1 aromatic heterocycles. The summed E-state index contributed by atoms with van der Waals surface area (Å²) in [5.74, 6) is -0.791. The third-order valence-electron chi connectivity index (χ3n) is 2.83. The van der Waals surface area contributed by atoms with Crippen LogP contribution in [0.2, 0.25) is 0 Å². The molecule has 4 nitrogen and oxygen atoms in total. The van der Waals surface area contributed by atoms with Crippen LogP contribution in [0.4, 0.5) is 8.78 Å². The van der Waals surface area contributed by atoms with E-state index in [1.165, 1.54) is 7.11 Å². The number of aromatic nitrogens is 2. The number of methoxy groups -OCH3 is 1. The lowest BCUT2D eigenvalue weighted by Gasteiger charge is -2.05. The smallest absolute Gasteiger partial charge is 0.165 e. The first kappa shape index (κ1) is 13.5. The van der Waals surface area contributed by atoms with Crippen LogP contribution in [0.1, 0.15) is 5.82 Å². The number of rotatable bonds is 4. The minimum Gasteiger partial charge on any atom is -0.494 e. The van der Waals surface area contributed by atoms with Crippen molar-refractivity contribution in [3.05, 3.63) is 35.8 Å². The van der Waals surface area contributed by atoms with E-state index < -0.39 is 11.6 Å². The number of aryl methyl sites for hydroxylation is 1. The van der Waals surface area contributed by atoms with Gasteiger partial charge < -0.3 is 14.4 Å². The molecule has 1 heterocycles. The number of imidazole rings is 1. The lowest BCUT2D eigenvalue weighted by Crippen LogP contribution is -1.99. The monoisotopic (exact) mass is 268 g/mol. The lowest BCUT2D eigenvalue weighted by atomic mass is 10.1. The molecule has 2 aromatic rings. The molecule has 6 heteroatoms. The highest BCUT2D eigenvalue weighted by Gasteiger charge is 2.15. The first-order chi connectivity index (χ1) is 9.06. The van der Waals surface area contributed by atoms with Crippen molar-refractivity contribution in [3.8, 4) is 17.0 Å². The van der Waals surface area contributed by atoms with Gasteiger partial charge in [-0.25, -0.2) is 13.8 Å². The van der Waals surface area contributed by atoms with E-state index in [1.807, 2.05) is 0 Å². The van der Waals surface area contributed by atoms with Crippen molar-refractivity contribution in [1.82, 2.24) is 9.55 Å². The first-order valence-electron chi connectivity index (χ1n) is 5.73. The van der Waals surface area contributed by atoms with Gasteiger partial charge in [-0.15, -0.1) is 0 Å². The Balaban J connectivity index is 2.47. The molecule has 0 aliphatic rings. The van der Waals surface area contributed by atoms with E-state index in [-0.39, 0.29) is 17.9 Å². The van der Waals surface area contributed by atoms with Gasteiger partial charge in [0.15, 0.2) is 11.6 Å². The predicted octanol–water partition coefficient (Wildman–Crippen LogP) is 1.91. The zero-order valence-corrected chi connectivity index (χ0v) is 10.7. The van der Waals surface area contributed by atoms with Gasteiger partial charge in [-0.1, -0.05) is 0 Å². The molecule has 1 aromatic carbocycles. The first-order valence-corrected chi connectivity index (χ1v) is 5.73. The Hall–Kier alpha value is -1.95. The van der Waals surface area contributed by atoms with Crippen molar-refractivity contribution in [2.24, 2.45) is 7.05 Å². The van der Waals surface area contributed by atoms with Crippen LogP contribution in [0.25, 0.3) is 11.3 Å². The van der Waals surface area contributed by atoms with Gasteiger partial charge in [0, 0.05) is 31.3 Å². The molecule has 0 bridgehead atoms. The summed E-state index contributed by atoms with van der Waals surface area (Å²) in [6.45, 7) is -0.0518. The lowest BCUT2D eigenvalue weighted by molar-refractivity contribution is 0.295. The summed E-state index contributed by atoms with van der Waals surface area (Å²) in [5, 5.41) is 8.89. The van der Waals surface area contributed by atoms with Crippen molar-refractivity contribution in [3.63, 3.8) is 0 Å². The standard InChI is InChI=1S/C13H14F2N2O2/c1-17-7-11(16-13(17)3-4-18)8-5-10(15)12(19-2)6-9(8)14/h5-7,18H,3-4H2,1-2H3. The zero-order valence-electron chi connectivity index (χ0n) is 10.7. The minimum atomic E-state index is -0.645. The second kappa shape index (κ2) is 5.36. The molecule has 0 aliphatic carbocycles. The minimum absolute atomic E-state index is 0.0518. The Labute approximate surface area is 109 Å². The maximum atomic E-state index is 13.9. The second-order valence-electron chi connectivity index (χ2n) is 4.09. The molecule has 0 spiro atoms. The fourth-order valence-corrected chi connectivity index (χ4v) is 1.85. The normalized spacial score (nSPS) is 10.8. The molecule has 0 atom stereocenters. The van der Waals surface area contributed by atoms with Gasteiger partial charge in [0.25, 0.3) is 0 Å². The van der Waals surface area contributed by atoms with Gasteiger partial charge >= 0.3 is 0 Å². The van der Waals surface area contributed by atoms with Gasteiger partial charge in [-0.3, -0.25) is 0 Å². The van der Waals surface area contributed by atoms with E-state index in [1.54, 1.807) is 17.8 Å². The molecular weight excluding hydrogens is 254 g/mol. The largest absolute Gasteiger partial charge is 0.494 e. The SMILES string of the molecule is COc1cc(F)c(-c2cn(C)c(CCO)n2)cc1F. The highest BCUT2D eigenvalue weighted by molar-refractivity contribution is 5.61. The molecule has 0 aliphatic heterocycles. The molecule has 0 radical (unpaired) electrons. The van der Waals surface area contributed by atoms with Crippen LogP contribution < -0.4 is 4.74 Å². The Morgan fingerprint density at radius 3 is 2.68 bits per heavy atom. The number of ether oxygens (including phenoxy) is 1. The number of benzene rings is 1. The summed E-state index contributed by atoms with van der Waals surface area (Å²) >= 11 is 0. The summed E-state index contributed by atoms with van der Waals surface area (Å²) in [6.07, 6.45) is 1.95. The predicted molar refractivity (Wildman–Crippen MR) is 65.9 cm³/mol. The van der Waals surface area contributed by atoms with Gasteiger partial charge in [-0.2, -0.15) is 0 Å². The summed E-state index contributed by atoms with van der Waals surface area (Å²) < 4.78 is 33.9. The van der Waals surface area contributed by atoms with E-state index in [2.05, 4.69) is 4.98 Å². The van der Waals surface area contributed by atoms with E-state index in [0.29, 0.717) is 17.9 Å². The van der Waals surface area contributed by atoms with Crippen LogP contribution in [0.15, 0.2) is 18.3 Å². The molecule has 19 heavy (non-hydrogen) atoms. The quantitative estimate of drug-likeness (QED) is 0.921. The highest BCUT2D eigenvalue weighted by Crippen LogP contribution is 2.28. The molecule has 0 saturated carbocycles. The number of nitrogens with zero attached hydrogens (tertiary/aromatic N) is 2. The summed E-state index contributed by atoms with van der Waals surface area (Å²) in [4.78, 5) is 4.18. The Morgan fingerprint density at radius 1 is 1.32 bits per heavy atom. The molecule has 0 saturated heterocycles. The maximum absolute atomic E-state index is 13.9. The average molecular weight is 268 g/mol. The van der Waals surface area contributed by atoms with Gasteiger partial charge in [-0.05, 0) is 6.07 Å². The summed E-state index contributed by atoms with van der Waals surface area (Å²) in [5.41, 5.74) is 0.392. The van der Waals surface area contributed by atoms with Crippen molar-refractivity contribution in [2.75, 3.05) is 13.7 Å². The number of hydrogen-bond donors (Lipinski definition) is 1. The average Bonchev–Trinajstić information content (AvgIpc) is 2.73. The third kappa shape index (κ3) is 2.58. The third-order valence-corrected chi connectivity index (χ3v) is 2.83. The van der Waals surface area contributed by atoms with Gasteiger partial charge in [0.05, 0.1) is 19.4 Å². The Morgan fingerprint density at radius 2 is 2.05 bits per heavy atom. The number of hydrogen-bond acceptors (Lipinski definition) is 3. The molecule has 1 N–H and O–H groups in total. The molecule has 0 unspecified atom stereocenters. The summed E-state index contributed by atoms with van der Waals surface area (Å²) in [7, 11) is 3.01. The fourth-order valence-electron chi connectivity index (χ4n) is 1.85. The molecule has 0 amide bonds. The van der Waals surface area contributed by atoms with E-state index in [9.17, 15) is 8.78 Å². The maximum Gasteiger partial charge on any atom is 0.165 e. The van der Waals surface area contributed by atoms with E-state index in [0.717, 1.165) is 12.1 Å². The van der Waals surface area contributed by atoms with Crippen molar-refractivity contribution < 1.29 is 18.6 Å². The molecular formula is C13H14F2N2O2. The number of halogens is 2. The van der Waals surface area contributed by atoms with Crippen LogP contribution >= 0.6 is 0 Å². The molecule has 102 valence electrons. The van der Waals surface area contributed by atoms with E-state index >= 15 is 0 Å². The van der Waals surface area contributed by atoms with Crippen LogP contribution in [-0.4, -0.2) is 28.4 Å². The van der Waals surface area contributed by atoms with Crippen LogP contribution in [0, 0.1) is 11.6 Å². The Kier molecular flexibility index (Phi) is 3.80. The topological polar surface area (TPSA) is 47.3 Å². The van der Waals surface area contributed by atoms with Crippen LogP contribution in [0.3, 0.4) is 0 Å². The highest BCUT2D eigenvalue weighted by atomic mass is 19.1. The molecule has 2 rings (SSSR count). The van der Waals surface area contributed by atoms with E-state index in [4.69, 9.17) is 9.84 Å². The van der Waals surface area contributed by atoms with Crippen LogP contribution in [0.5, 0.6) is 5.75 Å². The number of aliphatic hydroxyl groups excluding tert-OH is 1. The van der Waals surface area contributed by atoms with Gasteiger partial charge in [0.1, 0.15) is 11.6 Å². The van der Waals surface area contributed by atoms with Crippen molar-refractivity contribution in [2.45, 2.75) is 6.42 Å². The van der Waals surface area contributed by atoms with Crippen molar-refractivity contribution >= 4 is 0 Å². The zero-order chi connectivity index (χ0) is 14.0. The van der Waals surface area contributed by atoms with Gasteiger partial charge in [0.2, 0.25) is 0 Å². The fraction of sp³-hybridized carbons (Fsp3) is 0.308. The molecule has 0 fully saturated rings. The second-order valence-corrected chi connectivity index (χ2v) is 4.09. The summed E-state index contributed by atoms with van der Waals surface area (Å²) in [6, 6.07) is 2.05. The van der Waals surface area contributed by atoms with Crippen LogP contribution in [-0.2, 0) is 13.5 Å². The van der Waals surface area contributed by atoms with Crippen molar-refractivity contribution in [1.29, 1.82) is 0 Å². The number of aliphatic hydroxyl groups is 1.